The standard InChI is InChI=1S/C23H26N6O2/c1-27-22(30)14-19(18-8-9-24-16-25-18)26-23(27)29-12-13-31-21(15-29)17-6-2-3-7-20(17)28-10-4-5-11-28/h2-3,6-9,14,16,21H,4-5,10-13,15H2,1H3. The van der Waals surface area contributed by atoms with Gasteiger partial charge in [0.25, 0.3) is 5.56 Å². The first-order valence-corrected chi connectivity index (χ1v) is 10.8. The van der Waals surface area contributed by atoms with E-state index in [4.69, 9.17) is 9.72 Å². The van der Waals surface area contributed by atoms with E-state index in [1.54, 1.807) is 23.9 Å². The van der Waals surface area contributed by atoms with Crippen LogP contribution < -0.4 is 15.4 Å². The second-order valence-electron chi connectivity index (χ2n) is 7.99. The maximum absolute atomic E-state index is 12.7. The van der Waals surface area contributed by atoms with Crippen LogP contribution in [0, 0.1) is 0 Å². The Kier molecular flexibility index (Phi) is 5.38. The molecule has 0 radical (unpaired) electrons. The van der Waals surface area contributed by atoms with Crippen LogP contribution in [0.15, 0.2) is 53.7 Å². The molecule has 0 saturated carbocycles. The molecule has 1 aromatic carbocycles. The van der Waals surface area contributed by atoms with Crippen molar-refractivity contribution in [2.24, 2.45) is 7.05 Å². The number of hydrogen-bond donors (Lipinski definition) is 0. The second kappa shape index (κ2) is 8.47. The molecule has 0 N–H and O–H groups in total. The fourth-order valence-corrected chi connectivity index (χ4v) is 4.41. The fraction of sp³-hybridized carbons (Fsp3) is 0.391. The number of morpholine rings is 1. The molecule has 1 unspecified atom stereocenters. The number of ether oxygens (including phenoxy) is 1. The highest BCUT2D eigenvalue weighted by molar-refractivity contribution is 5.57. The van der Waals surface area contributed by atoms with Gasteiger partial charge in [-0.25, -0.2) is 15.0 Å². The molecule has 5 rings (SSSR count). The summed E-state index contributed by atoms with van der Waals surface area (Å²) in [4.78, 5) is 30.3. The van der Waals surface area contributed by atoms with Gasteiger partial charge >= 0.3 is 0 Å². The van der Waals surface area contributed by atoms with E-state index < -0.39 is 0 Å². The third-order valence-electron chi connectivity index (χ3n) is 6.04. The molecule has 2 fully saturated rings. The van der Waals surface area contributed by atoms with Gasteiger partial charge in [-0.15, -0.1) is 0 Å². The average molecular weight is 419 g/mol. The number of nitrogens with zero attached hydrogens (tertiary/aromatic N) is 6. The molecule has 31 heavy (non-hydrogen) atoms. The van der Waals surface area contributed by atoms with Gasteiger partial charge in [0, 0.05) is 50.2 Å². The molecule has 3 aromatic rings. The van der Waals surface area contributed by atoms with Crippen LogP contribution in [0.25, 0.3) is 11.4 Å². The van der Waals surface area contributed by atoms with Gasteiger partial charge in [-0.2, -0.15) is 0 Å². The lowest BCUT2D eigenvalue weighted by Gasteiger charge is -2.36. The summed E-state index contributed by atoms with van der Waals surface area (Å²) < 4.78 is 7.79. The van der Waals surface area contributed by atoms with Crippen molar-refractivity contribution in [3.8, 4) is 11.4 Å². The maximum atomic E-state index is 12.7. The highest BCUT2D eigenvalue weighted by Gasteiger charge is 2.28. The molecule has 2 aliphatic rings. The van der Waals surface area contributed by atoms with Crippen LogP contribution >= 0.6 is 0 Å². The number of rotatable bonds is 4. The first-order valence-electron chi connectivity index (χ1n) is 10.8. The summed E-state index contributed by atoms with van der Waals surface area (Å²) in [5.74, 6) is 0.632. The molecule has 1 atom stereocenters. The lowest BCUT2D eigenvalue weighted by Crippen LogP contribution is -2.42. The Labute approximate surface area is 181 Å². The van der Waals surface area contributed by atoms with Gasteiger partial charge in [0.15, 0.2) is 0 Å². The third-order valence-corrected chi connectivity index (χ3v) is 6.04. The van der Waals surface area contributed by atoms with E-state index in [2.05, 4.69) is 44.0 Å². The number of para-hydroxylation sites is 1. The molecule has 2 saturated heterocycles. The van der Waals surface area contributed by atoms with E-state index in [9.17, 15) is 4.79 Å². The summed E-state index contributed by atoms with van der Waals surface area (Å²) in [6.45, 7) is 4.07. The minimum atomic E-state index is -0.112. The summed E-state index contributed by atoms with van der Waals surface area (Å²) in [6, 6.07) is 11.8. The van der Waals surface area contributed by atoms with Crippen LogP contribution in [0.1, 0.15) is 24.5 Å². The van der Waals surface area contributed by atoms with Crippen molar-refractivity contribution < 1.29 is 4.74 Å². The second-order valence-corrected chi connectivity index (χ2v) is 7.99. The molecule has 0 bridgehead atoms. The molecule has 2 aliphatic heterocycles. The molecule has 0 spiro atoms. The van der Waals surface area contributed by atoms with Crippen molar-refractivity contribution >= 4 is 11.6 Å². The van der Waals surface area contributed by atoms with E-state index in [0.29, 0.717) is 37.0 Å². The van der Waals surface area contributed by atoms with Crippen LogP contribution in [0.3, 0.4) is 0 Å². The van der Waals surface area contributed by atoms with Crippen molar-refractivity contribution in [1.82, 2.24) is 19.5 Å². The monoisotopic (exact) mass is 418 g/mol. The van der Waals surface area contributed by atoms with Crippen LogP contribution in [0.5, 0.6) is 0 Å². The van der Waals surface area contributed by atoms with Gasteiger partial charge < -0.3 is 14.5 Å². The van der Waals surface area contributed by atoms with E-state index in [1.165, 1.54) is 36.5 Å². The van der Waals surface area contributed by atoms with E-state index in [-0.39, 0.29) is 11.7 Å². The van der Waals surface area contributed by atoms with Gasteiger partial charge in [-0.3, -0.25) is 9.36 Å². The smallest absolute Gasteiger partial charge is 0.255 e. The molecule has 160 valence electrons. The van der Waals surface area contributed by atoms with Gasteiger partial charge in [-0.1, -0.05) is 18.2 Å². The number of hydrogen-bond acceptors (Lipinski definition) is 7. The normalized spacial score (nSPS) is 19.1. The zero-order valence-corrected chi connectivity index (χ0v) is 17.6. The predicted octanol–water partition coefficient (Wildman–Crippen LogP) is 2.42. The van der Waals surface area contributed by atoms with Gasteiger partial charge in [0.1, 0.15) is 12.4 Å². The molecular weight excluding hydrogens is 392 g/mol. The Hall–Kier alpha value is -3.26. The summed E-state index contributed by atoms with van der Waals surface area (Å²) in [5.41, 5.74) is 3.53. The molecule has 0 aliphatic carbocycles. The molecule has 8 nitrogen and oxygen atoms in total. The quantitative estimate of drug-likeness (QED) is 0.644. The Morgan fingerprint density at radius 2 is 1.87 bits per heavy atom. The first kappa shape index (κ1) is 19.7. The predicted molar refractivity (Wildman–Crippen MR) is 119 cm³/mol. The SMILES string of the molecule is Cn1c(N2CCOC(c3ccccc3N3CCCC3)C2)nc(-c2ccncn2)cc1=O. The summed E-state index contributed by atoms with van der Waals surface area (Å²) >= 11 is 0. The summed E-state index contributed by atoms with van der Waals surface area (Å²) in [5, 5.41) is 0. The zero-order valence-electron chi connectivity index (χ0n) is 17.6. The molecular formula is C23H26N6O2. The number of aromatic nitrogens is 4. The highest BCUT2D eigenvalue weighted by atomic mass is 16.5. The van der Waals surface area contributed by atoms with Crippen LogP contribution in [0.4, 0.5) is 11.6 Å². The lowest BCUT2D eigenvalue weighted by atomic mass is 10.0. The van der Waals surface area contributed by atoms with Gasteiger partial charge in [0.2, 0.25) is 5.95 Å². The first-order chi connectivity index (χ1) is 15.2. The van der Waals surface area contributed by atoms with Gasteiger partial charge in [-0.05, 0) is 25.0 Å². The summed E-state index contributed by atoms with van der Waals surface area (Å²) in [7, 11) is 1.76. The number of benzene rings is 1. The third kappa shape index (κ3) is 3.90. The van der Waals surface area contributed by atoms with Crippen molar-refractivity contribution in [2.45, 2.75) is 18.9 Å². The Bertz CT molecular complexity index is 1110. The molecule has 8 heteroatoms. The lowest BCUT2D eigenvalue weighted by molar-refractivity contribution is 0.0392. The number of anilines is 2. The molecule has 0 amide bonds. The molecule has 2 aromatic heterocycles. The minimum absolute atomic E-state index is 0.0786. The minimum Gasteiger partial charge on any atom is -0.371 e. The Balaban J connectivity index is 1.47. The zero-order chi connectivity index (χ0) is 21.2. The summed E-state index contributed by atoms with van der Waals surface area (Å²) in [6.07, 6.45) is 5.50. The Morgan fingerprint density at radius 3 is 2.68 bits per heavy atom. The highest BCUT2D eigenvalue weighted by Crippen LogP contribution is 2.33. The average Bonchev–Trinajstić information content (AvgIpc) is 3.36. The van der Waals surface area contributed by atoms with Gasteiger partial charge in [0.05, 0.1) is 24.5 Å². The van der Waals surface area contributed by atoms with Crippen LogP contribution in [0.2, 0.25) is 0 Å². The van der Waals surface area contributed by atoms with E-state index in [1.807, 2.05) is 0 Å². The van der Waals surface area contributed by atoms with Crippen molar-refractivity contribution in [3.05, 3.63) is 64.8 Å². The van der Waals surface area contributed by atoms with E-state index >= 15 is 0 Å². The van der Waals surface area contributed by atoms with Crippen molar-refractivity contribution in [2.75, 3.05) is 42.6 Å². The fourth-order valence-electron chi connectivity index (χ4n) is 4.41. The van der Waals surface area contributed by atoms with Crippen molar-refractivity contribution in [3.63, 3.8) is 0 Å². The van der Waals surface area contributed by atoms with E-state index in [0.717, 1.165) is 13.1 Å². The topological polar surface area (TPSA) is 76.4 Å². The van der Waals surface area contributed by atoms with Crippen LogP contribution in [-0.2, 0) is 11.8 Å². The Morgan fingerprint density at radius 1 is 1.03 bits per heavy atom. The van der Waals surface area contributed by atoms with Crippen molar-refractivity contribution in [1.29, 1.82) is 0 Å². The maximum Gasteiger partial charge on any atom is 0.255 e. The van der Waals surface area contributed by atoms with Crippen LogP contribution in [-0.4, -0.2) is 52.3 Å². The largest absolute Gasteiger partial charge is 0.371 e. The molecule has 4 heterocycles.